The largest absolute Gasteiger partial charge is 0.480 e. The van der Waals surface area contributed by atoms with Gasteiger partial charge in [-0.15, -0.1) is 0 Å². The molecule has 0 aliphatic heterocycles. The first-order valence-electron chi connectivity index (χ1n) is 8.68. The van der Waals surface area contributed by atoms with Crippen molar-refractivity contribution in [1.82, 2.24) is 5.32 Å². The van der Waals surface area contributed by atoms with Gasteiger partial charge in [-0.25, -0.2) is 0 Å². The molecule has 0 spiro atoms. The highest BCUT2D eigenvalue weighted by atomic mass is 16.4. The molecule has 0 aliphatic rings. The van der Waals surface area contributed by atoms with E-state index in [4.69, 9.17) is 5.11 Å². The molecule has 2 aromatic rings. The van der Waals surface area contributed by atoms with Crippen LogP contribution < -0.4 is 10.6 Å². The van der Waals surface area contributed by atoms with Crippen LogP contribution in [-0.2, 0) is 15.0 Å². The number of rotatable bonds is 7. The second-order valence-electron chi connectivity index (χ2n) is 7.09. The number of carboxylic acids is 1. The average Bonchev–Trinajstić information content (AvgIpc) is 2.62. The van der Waals surface area contributed by atoms with E-state index in [0.717, 1.165) is 5.56 Å². The molecule has 0 saturated heterocycles. The van der Waals surface area contributed by atoms with E-state index in [1.165, 1.54) is 6.92 Å². The van der Waals surface area contributed by atoms with Crippen molar-refractivity contribution in [2.24, 2.45) is 0 Å². The van der Waals surface area contributed by atoms with E-state index in [9.17, 15) is 14.4 Å². The fourth-order valence-electron chi connectivity index (χ4n) is 2.64. The summed E-state index contributed by atoms with van der Waals surface area (Å²) in [4.78, 5) is 35.2. The summed E-state index contributed by atoms with van der Waals surface area (Å²) in [6, 6.07) is 15.2. The molecule has 6 nitrogen and oxygen atoms in total. The second-order valence-corrected chi connectivity index (χ2v) is 7.09. The minimum atomic E-state index is -1.10. The molecular formula is C21H24N2O4. The molecule has 1 atom stereocenters. The molecule has 0 fully saturated rings. The molecule has 2 rings (SSSR count). The SMILES string of the molecule is CC(NC(=O)c1ccc(NC(=O)CC(C)(C)c2ccccc2)cc1)C(=O)O. The third kappa shape index (κ3) is 5.67. The van der Waals surface area contributed by atoms with Gasteiger partial charge in [-0.3, -0.25) is 14.4 Å². The number of hydrogen-bond donors (Lipinski definition) is 3. The van der Waals surface area contributed by atoms with Gasteiger partial charge in [-0.2, -0.15) is 0 Å². The Morgan fingerprint density at radius 3 is 2.15 bits per heavy atom. The quantitative estimate of drug-likeness (QED) is 0.699. The molecule has 142 valence electrons. The fourth-order valence-corrected chi connectivity index (χ4v) is 2.64. The summed E-state index contributed by atoms with van der Waals surface area (Å²) in [7, 11) is 0. The van der Waals surface area contributed by atoms with Crippen LogP contribution in [-0.4, -0.2) is 28.9 Å². The van der Waals surface area contributed by atoms with Gasteiger partial charge >= 0.3 is 5.97 Å². The van der Waals surface area contributed by atoms with E-state index in [1.807, 2.05) is 44.2 Å². The van der Waals surface area contributed by atoms with Crippen molar-refractivity contribution in [2.75, 3.05) is 5.32 Å². The monoisotopic (exact) mass is 368 g/mol. The molecule has 0 radical (unpaired) electrons. The zero-order valence-corrected chi connectivity index (χ0v) is 15.7. The third-order valence-corrected chi connectivity index (χ3v) is 4.31. The summed E-state index contributed by atoms with van der Waals surface area (Å²) < 4.78 is 0. The number of aliphatic carboxylic acids is 1. The maximum atomic E-state index is 12.4. The molecule has 0 heterocycles. The maximum Gasteiger partial charge on any atom is 0.325 e. The first kappa shape index (κ1) is 20.2. The Bertz CT molecular complexity index is 814. The summed E-state index contributed by atoms with van der Waals surface area (Å²) in [5, 5.41) is 14.0. The molecule has 27 heavy (non-hydrogen) atoms. The summed E-state index contributed by atoms with van der Waals surface area (Å²) in [6.45, 7) is 5.42. The number of benzene rings is 2. The first-order chi connectivity index (χ1) is 12.7. The van der Waals surface area contributed by atoms with Crippen LogP contribution in [0.15, 0.2) is 54.6 Å². The number of carbonyl (C=O) groups is 3. The zero-order valence-electron chi connectivity index (χ0n) is 15.7. The van der Waals surface area contributed by atoms with Crippen molar-refractivity contribution in [2.45, 2.75) is 38.6 Å². The van der Waals surface area contributed by atoms with Crippen molar-refractivity contribution in [3.05, 3.63) is 65.7 Å². The van der Waals surface area contributed by atoms with E-state index in [2.05, 4.69) is 10.6 Å². The van der Waals surface area contributed by atoms with Gasteiger partial charge in [0.05, 0.1) is 0 Å². The van der Waals surface area contributed by atoms with Crippen LogP contribution in [0.4, 0.5) is 5.69 Å². The van der Waals surface area contributed by atoms with E-state index < -0.39 is 17.9 Å². The summed E-state index contributed by atoms with van der Waals surface area (Å²) in [5.74, 6) is -1.71. The molecule has 2 amide bonds. The van der Waals surface area contributed by atoms with Crippen LogP contribution in [0.25, 0.3) is 0 Å². The smallest absolute Gasteiger partial charge is 0.325 e. The molecule has 3 N–H and O–H groups in total. The van der Waals surface area contributed by atoms with Gasteiger partial charge in [-0.05, 0) is 42.2 Å². The number of carbonyl (C=O) groups excluding carboxylic acids is 2. The molecule has 1 unspecified atom stereocenters. The lowest BCUT2D eigenvalue weighted by Crippen LogP contribution is -2.38. The van der Waals surface area contributed by atoms with E-state index in [-0.39, 0.29) is 11.3 Å². The van der Waals surface area contributed by atoms with Crippen molar-refractivity contribution in [3.8, 4) is 0 Å². The van der Waals surface area contributed by atoms with Crippen molar-refractivity contribution >= 4 is 23.5 Å². The molecule has 0 bridgehead atoms. The molecule has 2 aromatic carbocycles. The van der Waals surface area contributed by atoms with Gasteiger partial charge in [0, 0.05) is 17.7 Å². The Hall–Kier alpha value is -3.15. The van der Waals surface area contributed by atoms with E-state index >= 15 is 0 Å². The van der Waals surface area contributed by atoms with Crippen LogP contribution >= 0.6 is 0 Å². The maximum absolute atomic E-state index is 12.4. The highest BCUT2D eigenvalue weighted by molar-refractivity contribution is 5.97. The lowest BCUT2D eigenvalue weighted by atomic mass is 9.81. The second kappa shape index (κ2) is 8.49. The predicted octanol–water partition coefficient (Wildman–Crippen LogP) is 3.20. The number of carboxylic acid groups (broad SMARTS) is 1. The van der Waals surface area contributed by atoms with Crippen LogP contribution in [0.5, 0.6) is 0 Å². The van der Waals surface area contributed by atoms with Gasteiger partial charge in [-0.1, -0.05) is 44.2 Å². The highest BCUT2D eigenvalue weighted by Crippen LogP contribution is 2.27. The number of amides is 2. The van der Waals surface area contributed by atoms with Crippen molar-refractivity contribution in [1.29, 1.82) is 0 Å². The molecule has 6 heteroatoms. The van der Waals surface area contributed by atoms with Gasteiger partial charge in [0.25, 0.3) is 5.91 Å². The zero-order chi connectivity index (χ0) is 20.0. The highest BCUT2D eigenvalue weighted by Gasteiger charge is 2.24. The van der Waals surface area contributed by atoms with Crippen molar-refractivity contribution < 1.29 is 19.5 Å². The lowest BCUT2D eigenvalue weighted by molar-refractivity contribution is -0.138. The van der Waals surface area contributed by atoms with Gasteiger partial charge in [0.1, 0.15) is 6.04 Å². The van der Waals surface area contributed by atoms with Gasteiger partial charge in [0.2, 0.25) is 5.91 Å². The fraction of sp³-hybridized carbons (Fsp3) is 0.286. The topological polar surface area (TPSA) is 95.5 Å². The van der Waals surface area contributed by atoms with Gasteiger partial charge in [0.15, 0.2) is 0 Å². The molecule has 0 saturated carbocycles. The Balaban J connectivity index is 1.97. The normalized spacial score (nSPS) is 12.1. The Morgan fingerprint density at radius 2 is 1.59 bits per heavy atom. The molecular weight excluding hydrogens is 344 g/mol. The number of nitrogens with one attached hydrogen (secondary N) is 2. The van der Waals surface area contributed by atoms with Crippen LogP contribution in [0.2, 0.25) is 0 Å². The van der Waals surface area contributed by atoms with Gasteiger partial charge < -0.3 is 15.7 Å². The summed E-state index contributed by atoms with van der Waals surface area (Å²) in [5.41, 5.74) is 1.68. The van der Waals surface area contributed by atoms with Crippen LogP contribution in [0.1, 0.15) is 43.1 Å². The summed E-state index contributed by atoms with van der Waals surface area (Å²) in [6.07, 6.45) is 0.315. The minimum Gasteiger partial charge on any atom is -0.480 e. The minimum absolute atomic E-state index is 0.124. The Morgan fingerprint density at radius 1 is 1.00 bits per heavy atom. The van der Waals surface area contributed by atoms with E-state index in [1.54, 1.807) is 24.3 Å². The molecule has 0 aromatic heterocycles. The molecule has 0 aliphatic carbocycles. The lowest BCUT2D eigenvalue weighted by Gasteiger charge is -2.24. The predicted molar refractivity (Wildman–Crippen MR) is 104 cm³/mol. The number of anilines is 1. The first-order valence-corrected chi connectivity index (χ1v) is 8.68. The Labute approximate surface area is 158 Å². The standard InChI is InChI=1S/C21H24N2O4/c1-14(20(26)27)22-19(25)15-9-11-17(12-10-15)23-18(24)13-21(2,3)16-7-5-4-6-8-16/h4-12,14H,13H2,1-3H3,(H,22,25)(H,23,24)(H,26,27). The third-order valence-electron chi connectivity index (χ3n) is 4.31. The summed E-state index contributed by atoms with van der Waals surface area (Å²) >= 11 is 0. The average molecular weight is 368 g/mol. The van der Waals surface area contributed by atoms with E-state index in [0.29, 0.717) is 17.7 Å². The van der Waals surface area contributed by atoms with Crippen LogP contribution in [0.3, 0.4) is 0 Å². The van der Waals surface area contributed by atoms with Crippen molar-refractivity contribution in [3.63, 3.8) is 0 Å². The number of hydrogen-bond acceptors (Lipinski definition) is 3. The Kier molecular flexibility index (Phi) is 6.34. The van der Waals surface area contributed by atoms with Crippen LogP contribution in [0, 0.1) is 0 Å².